The summed E-state index contributed by atoms with van der Waals surface area (Å²) in [7, 11) is 1.52. The molecule has 7 nitrogen and oxygen atoms in total. The SMILES string of the molecule is COc1cc2nn[nH]c2cc1C(=O)N1CCC(=O)C[C@@H]1C. The lowest BCUT2D eigenvalue weighted by Gasteiger charge is -2.33. The fraction of sp³-hybridized carbons (Fsp3) is 0.429. The van der Waals surface area contributed by atoms with Gasteiger partial charge >= 0.3 is 0 Å². The van der Waals surface area contributed by atoms with Crippen molar-refractivity contribution in [2.75, 3.05) is 13.7 Å². The van der Waals surface area contributed by atoms with Crippen LogP contribution in [0.15, 0.2) is 12.1 Å². The van der Waals surface area contributed by atoms with Gasteiger partial charge in [0.2, 0.25) is 0 Å². The number of carbonyl (C=O) groups is 2. The largest absolute Gasteiger partial charge is 0.496 e. The molecule has 0 unspecified atom stereocenters. The highest BCUT2D eigenvalue weighted by atomic mass is 16.5. The second-order valence-corrected chi connectivity index (χ2v) is 5.22. The number of likely N-dealkylation sites (tertiary alicyclic amines) is 1. The third kappa shape index (κ3) is 2.35. The molecule has 1 saturated heterocycles. The number of piperidine rings is 1. The number of nitrogens with one attached hydrogen (secondary N) is 1. The van der Waals surface area contributed by atoms with Crippen molar-refractivity contribution in [3.8, 4) is 5.75 Å². The second-order valence-electron chi connectivity index (χ2n) is 5.22. The zero-order valence-electron chi connectivity index (χ0n) is 11.9. The quantitative estimate of drug-likeness (QED) is 0.895. The van der Waals surface area contributed by atoms with E-state index in [1.807, 2.05) is 6.92 Å². The Morgan fingerprint density at radius 3 is 3.00 bits per heavy atom. The molecule has 0 radical (unpaired) electrons. The third-order valence-electron chi connectivity index (χ3n) is 3.82. The maximum atomic E-state index is 12.7. The number of hydrogen-bond acceptors (Lipinski definition) is 5. The van der Waals surface area contributed by atoms with Crippen LogP contribution >= 0.6 is 0 Å². The molecule has 2 aromatic rings. The predicted octanol–water partition coefficient (Wildman–Crippen LogP) is 1.16. The Labute approximate surface area is 121 Å². The zero-order valence-corrected chi connectivity index (χ0v) is 11.9. The molecule has 1 aliphatic heterocycles. The van der Waals surface area contributed by atoms with Crippen LogP contribution in [0.3, 0.4) is 0 Å². The highest BCUT2D eigenvalue weighted by Gasteiger charge is 2.29. The van der Waals surface area contributed by atoms with Crippen molar-refractivity contribution >= 4 is 22.7 Å². The van der Waals surface area contributed by atoms with Crippen molar-refractivity contribution in [2.24, 2.45) is 0 Å². The summed E-state index contributed by atoms with van der Waals surface area (Å²) in [5, 5.41) is 10.4. The number of aromatic amines is 1. The average Bonchev–Trinajstić information content (AvgIpc) is 2.92. The number of hydrogen-bond donors (Lipinski definition) is 1. The van der Waals surface area contributed by atoms with E-state index in [2.05, 4.69) is 15.4 Å². The van der Waals surface area contributed by atoms with Crippen molar-refractivity contribution in [1.82, 2.24) is 20.3 Å². The highest BCUT2D eigenvalue weighted by molar-refractivity contribution is 6.01. The van der Waals surface area contributed by atoms with Crippen molar-refractivity contribution in [1.29, 1.82) is 0 Å². The Morgan fingerprint density at radius 1 is 1.48 bits per heavy atom. The molecule has 7 heteroatoms. The van der Waals surface area contributed by atoms with E-state index < -0.39 is 0 Å². The summed E-state index contributed by atoms with van der Waals surface area (Å²) < 4.78 is 5.30. The van der Waals surface area contributed by atoms with Gasteiger partial charge in [0.15, 0.2) is 0 Å². The van der Waals surface area contributed by atoms with Crippen LogP contribution in [-0.2, 0) is 4.79 Å². The van der Waals surface area contributed by atoms with Gasteiger partial charge in [0.05, 0.1) is 18.2 Å². The number of aromatic nitrogens is 3. The fourth-order valence-corrected chi connectivity index (χ4v) is 2.67. The second kappa shape index (κ2) is 5.16. The number of methoxy groups -OCH3 is 1. The van der Waals surface area contributed by atoms with Crippen LogP contribution in [0, 0.1) is 0 Å². The van der Waals surface area contributed by atoms with Gasteiger partial charge in [-0.05, 0) is 13.0 Å². The molecule has 1 aromatic heterocycles. The Morgan fingerprint density at radius 2 is 2.29 bits per heavy atom. The van der Waals surface area contributed by atoms with Gasteiger partial charge in [0.1, 0.15) is 17.0 Å². The Balaban J connectivity index is 1.98. The number of Topliss-reactive ketones (excluding diaryl/α,β-unsaturated/α-hetero) is 1. The van der Waals surface area contributed by atoms with E-state index >= 15 is 0 Å². The van der Waals surface area contributed by atoms with Crippen molar-refractivity contribution in [2.45, 2.75) is 25.8 Å². The number of fused-ring (bicyclic) bond motifs is 1. The van der Waals surface area contributed by atoms with Gasteiger partial charge in [-0.25, -0.2) is 0 Å². The van der Waals surface area contributed by atoms with Gasteiger partial charge < -0.3 is 9.64 Å². The fourth-order valence-electron chi connectivity index (χ4n) is 2.67. The van der Waals surface area contributed by atoms with E-state index in [-0.39, 0.29) is 17.7 Å². The minimum Gasteiger partial charge on any atom is -0.496 e. The average molecular weight is 288 g/mol. The van der Waals surface area contributed by atoms with Crippen LogP contribution < -0.4 is 4.74 Å². The summed E-state index contributed by atoms with van der Waals surface area (Å²) in [6.07, 6.45) is 0.814. The summed E-state index contributed by atoms with van der Waals surface area (Å²) in [6.45, 7) is 2.33. The minimum absolute atomic E-state index is 0.0981. The van der Waals surface area contributed by atoms with Gasteiger partial charge in [-0.2, -0.15) is 0 Å². The van der Waals surface area contributed by atoms with Crippen LogP contribution in [0.2, 0.25) is 0 Å². The lowest BCUT2D eigenvalue weighted by molar-refractivity contribution is -0.122. The maximum absolute atomic E-state index is 12.7. The Bertz CT molecular complexity index is 709. The van der Waals surface area contributed by atoms with E-state index in [9.17, 15) is 9.59 Å². The van der Waals surface area contributed by atoms with Crippen LogP contribution in [0.4, 0.5) is 0 Å². The summed E-state index contributed by atoms with van der Waals surface area (Å²) in [5.41, 5.74) is 1.78. The first-order chi connectivity index (χ1) is 10.1. The topological polar surface area (TPSA) is 88.2 Å². The first kappa shape index (κ1) is 13.5. The first-order valence-electron chi connectivity index (χ1n) is 6.81. The molecule has 3 rings (SSSR count). The number of ether oxygens (including phenoxy) is 1. The van der Waals surface area contributed by atoms with E-state index in [4.69, 9.17) is 4.74 Å². The number of nitrogens with zero attached hydrogens (tertiary/aromatic N) is 3. The predicted molar refractivity (Wildman–Crippen MR) is 75.2 cm³/mol. The van der Waals surface area contributed by atoms with Crippen LogP contribution in [-0.4, -0.2) is 51.7 Å². The van der Waals surface area contributed by atoms with E-state index in [0.29, 0.717) is 41.7 Å². The molecular weight excluding hydrogens is 272 g/mol. The molecule has 110 valence electrons. The molecule has 1 aliphatic rings. The molecule has 21 heavy (non-hydrogen) atoms. The normalized spacial score (nSPS) is 19.0. The van der Waals surface area contributed by atoms with Crippen molar-refractivity contribution < 1.29 is 14.3 Å². The Kier molecular flexibility index (Phi) is 3.32. The Hall–Kier alpha value is -2.44. The zero-order chi connectivity index (χ0) is 15.0. The maximum Gasteiger partial charge on any atom is 0.257 e. The third-order valence-corrected chi connectivity index (χ3v) is 3.82. The van der Waals surface area contributed by atoms with Crippen LogP contribution in [0.1, 0.15) is 30.1 Å². The molecule has 1 fully saturated rings. The molecule has 0 spiro atoms. The summed E-state index contributed by atoms with van der Waals surface area (Å²) in [6, 6.07) is 3.28. The van der Waals surface area contributed by atoms with E-state index in [1.54, 1.807) is 17.0 Å². The lowest BCUT2D eigenvalue weighted by Crippen LogP contribution is -2.44. The molecule has 2 heterocycles. The highest BCUT2D eigenvalue weighted by Crippen LogP contribution is 2.27. The summed E-state index contributed by atoms with van der Waals surface area (Å²) in [5.74, 6) is 0.528. The van der Waals surface area contributed by atoms with E-state index in [0.717, 1.165) is 0 Å². The molecule has 0 saturated carbocycles. The molecule has 0 bridgehead atoms. The van der Waals surface area contributed by atoms with Gasteiger partial charge in [-0.3, -0.25) is 14.7 Å². The molecule has 1 N–H and O–H groups in total. The first-order valence-corrected chi connectivity index (χ1v) is 6.81. The molecule has 1 amide bonds. The van der Waals surface area contributed by atoms with Gasteiger partial charge in [0, 0.05) is 31.5 Å². The van der Waals surface area contributed by atoms with Crippen molar-refractivity contribution in [3.05, 3.63) is 17.7 Å². The monoisotopic (exact) mass is 288 g/mol. The summed E-state index contributed by atoms with van der Waals surface area (Å²) >= 11 is 0. The lowest BCUT2D eigenvalue weighted by atomic mass is 10.0. The molecule has 0 aliphatic carbocycles. The number of benzene rings is 1. The van der Waals surface area contributed by atoms with Crippen LogP contribution in [0.25, 0.3) is 11.0 Å². The van der Waals surface area contributed by atoms with Crippen molar-refractivity contribution in [3.63, 3.8) is 0 Å². The van der Waals surface area contributed by atoms with Crippen LogP contribution in [0.5, 0.6) is 5.75 Å². The number of rotatable bonds is 2. The number of carbonyl (C=O) groups excluding carboxylic acids is 2. The smallest absolute Gasteiger partial charge is 0.257 e. The number of H-pyrrole nitrogens is 1. The number of amides is 1. The van der Waals surface area contributed by atoms with E-state index in [1.165, 1.54) is 7.11 Å². The van der Waals surface area contributed by atoms with Gasteiger partial charge in [0.25, 0.3) is 5.91 Å². The van der Waals surface area contributed by atoms with Gasteiger partial charge in [-0.15, -0.1) is 5.10 Å². The molecular formula is C14H16N4O3. The molecule has 1 aromatic carbocycles. The van der Waals surface area contributed by atoms with Gasteiger partial charge in [-0.1, -0.05) is 5.21 Å². The minimum atomic E-state index is -0.136. The number of ketones is 1. The summed E-state index contributed by atoms with van der Waals surface area (Å²) in [4.78, 5) is 25.9. The standard InChI is InChI=1S/C14H16N4O3/c1-8-5-9(19)3-4-18(8)14(20)10-6-11-12(16-17-15-11)7-13(10)21-2/h6-8H,3-5H2,1-2H3,(H,15,16,17)/t8-/m0/s1. The molecule has 1 atom stereocenters.